The fourth-order valence-electron chi connectivity index (χ4n) is 2.26. The molecule has 0 radical (unpaired) electrons. The number of rotatable bonds is 2. The molecule has 0 aliphatic rings. The van der Waals surface area contributed by atoms with Gasteiger partial charge >= 0.3 is 0 Å². The molecule has 0 spiro atoms. The van der Waals surface area contributed by atoms with Gasteiger partial charge in [-0.2, -0.15) is 5.26 Å². The van der Waals surface area contributed by atoms with Crippen molar-refractivity contribution in [2.45, 2.75) is 6.92 Å². The number of halogens is 1. The number of fused-ring (bicyclic) bond motifs is 1. The minimum atomic E-state index is -0.352. The number of amides is 1. The first-order chi connectivity index (χ1) is 10.6. The Balaban J connectivity index is 1.92. The molecule has 2 aromatic carbocycles. The van der Waals surface area contributed by atoms with Crippen molar-refractivity contribution in [2.24, 2.45) is 0 Å². The minimum Gasteiger partial charge on any atom is -0.451 e. The molecule has 3 rings (SSSR count). The molecular formula is C17H11ClN2O2. The second-order valence-electron chi connectivity index (χ2n) is 4.81. The summed E-state index contributed by atoms with van der Waals surface area (Å²) in [5.74, 6) is -0.0869. The number of aryl methyl sites for hydroxylation is 1. The third-order valence-corrected chi connectivity index (χ3v) is 3.71. The van der Waals surface area contributed by atoms with Crippen LogP contribution in [0.25, 0.3) is 11.0 Å². The first-order valence-corrected chi connectivity index (χ1v) is 6.97. The smallest absolute Gasteiger partial charge is 0.291 e. The van der Waals surface area contributed by atoms with E-state index in [9.17, 15) is 4.79 Å². The lowest BCUT2D eigenvalue weighted by atomic mass is 10.1. The monoisotopic (exact) mass is 310 g/mol. The van der Waals surface area contributed by atoms with Crippen molar-refractivity contribution in [3.05, 3.63) is 64.4 Å². The molecule has 1 aromatic heterocycles. The maximum absolute atomic E-state index is 12.4. The molecule has 1 heterocycles. The number of nitriles is 1. The number of para-hydroxylation sites is 1. The Hall–Kier alpha value is -2.77. The molecule has 0 unspecified atom stereocenters. The van der Waals surface area contributed by atoms with E-state index in [1.807, 2.05) is 37.3 Å². The van der Waals surface area contributed by atoms with Gasteiger partial charge in [0.25, 0.3) is 5.91 Å². The van der Waals surface area contributed by atoms with Gasteiger partial charge in [-0.15, -0.1) is 0 Å². The molecule has 108 valence electrons. The average molecular weight is 311 g/mol. The van der Waals surface area contributed by atoms with Crippen LogP contribution in [-0.4, -0.2) is 5.91 Å². The second kappa shape index (κ2) is 5.55. The van der Waals surface area contributed by atoms with E-state index < -0.39 is 0 Å². The molecule has 4 nitrogen and oxygen atoms in total. The summed E-state index contributed by atoms with van der Waals surface area (Å²) in [6.07, 6.45) is 0. The first-order valence-electron chi connectivity index (χ1n) is 6.59. The van der Waals surface area contributed by atoms with Crippen molar-refractivity contribution in [3.63, 3.8) is 0 Å². The summed E-state index contributed by atoms with van der Waals surface area (Å²) >= 11 is 5.96. The van der Waals surface area contributed by atoms with E-state index in [0.717, 1.165) is 10.9 Å². The Morgan fingerprint density at radius 1 is 1.27 bits per heavy atom. The van der Waals surface area contributed by atoms with Gasteiger partial charge in [-0.3, -0.25) is 4.79 Å². The largest absolute Gasteiger partial charge is 0.451 e. The highest BCUT2D eigenvalue weighted by Crippen LogP contribution is 2.26. The molecule has 0 aliphatic heterocycles. The summed E-state index contributed by atoms with van der Waals surface area (Å²) in [6.45, 7) is 1.84. The summed E-state index contributed by atoms with van der Waals surface area (Å²) in [5, 5.41) is 12.8. The standard InChI is InChI=1S/C17H11ClN2O2/c1-10-13-4-2-3-5-15(13)22-16(10)17(21)20-12-7-6-11(9-19)14(18)8-12/h2-8H,1H3,(H,20,21). The minimum absolute atomic E-state index is 0.265. The molecule has 3 aromatic rings. The van der Waals surface area contributed by atoms with E-state index in [0.29, 0.717) is 21.9 Å². The number of hydrogen-bond donors (Lipinski definition) is 1. The second-order valence-corrected chi connectivity index (χ2v) is 5.22. The van der Waals surface area contributed by atoms with E-state index in [-0.39, 0.29) is 11.7 Å². The molecule has 5 heteroatoms. The number of carbonyl (C=O) groups excluding carboxylic acids is 1. The molecule has 0 atom stereocenters. The van der Waals surface area contributed by atoms with Crippen molar-refractivity contribution in [3.8, 4) is 6.07 Å². The van der Waals surface area contributed by atoms with E-state index in [1.165, 1.54) is 6.07 Å². The topological polar surface area (TPSA) is 66.0 Å². The predicted octanol–water partition coefficient (Wildman–Crippen LogP) is 4.52. The predicted molar refractivity (Wildman–Crippen MR) is 85.1 cm³/mol. The molecule has 0 saturated heterocycles. The van der Waals surface area contributed by atoms with Crippen molar-refractivity contribution < 1.29 is 9.21 Å². The zero-order valence-electron chi connectivity index (χ0n) is 11.7. The van der Waals surface area contributed by atoms with Crippen LogP contribution in [0.2, 0.25) is 5.02 Å². The quantitative estimate of drug-likeness (QED) is 0.756. The molecular weight excluding hydrogens is 300 g/mol. The maximum Gasteiger partial charge on any atom is 0.291 e. The van der Waals surface area contributed by atoms with Gasteiger partial charge in [-0.05, 0) is 31.2 Å². The highest BCUT2D eigenvalue weighted by molar-refractivity contribution is 6.32. The van der Waals surface area contributed by atoms with Crippen molar-refractivity contribution in [1.82, 2.24) is 0 Å². The molecule has 0 saturated carbocycles. The van der Waals surface area contributed by atoms with Crippen LogP contribution < -0.4 is 5.32 Å². The van der Waals surface area contributed by atoms with Gasteiger partial charge in [0.1, 0.15) is 11.7 Å². The number of nitrogens with zero attached hydrogens (tertiary/aromatic N) is 1. The van der Waals surface area contributed by atoms with E-state index in [1.54, 1.807) is 12.1 Å². The van der Waals surface area contributed by atoms with E-state index in [2.05, 4.69) is 5.32 Å². The van der Waals surface area contributed by atoms with Crippen LogP contribution in [0.5, 0.6) is 0 Å². The lowest BCUT2D eigenvalue weighted by Gasteiger charge is -2.05. The number of carbonyl (C=O) groups is 1. The number of anilines is 1. The fourth-order valence-corrected chi connectivity index (χ4v) is 2.49. The van der Waals surface area contributed by atoms with Crippen LogP contribution in [0.4, 0.5) is 5.69 Å². The van der Waals surface area contributed by atoms with E-state index in [4.69, 9.17) is 21.3 Å². The molecule has 1 amide bonds. The summed E-state index contributed by atoms with van der Waals surface area (Å²) in [5.41, 5.74) is 2.32. The van der Waals surface area contributed by atoms with Gasteiger partial charge in [0.15, 0.2) is 5.76 Å². The number of nitrogens with one attached hydrogen (secondary N) is 1. The maximum atomic E-state index is 12.4. The first kappa shape index (κ1) is 14.2. The van der Waals surface area contributed by atoms with E-state index >= 15 is 0 Å². The lowest BCUT2D eigenvalue weighted by molar-refractivity contribution is 0.0998. The number of furan rings is 1. The summed E-state index contributed by atoms with van der Waals surface area (Å²) in [4.78, 5) is 12.4. The highest BCUT2D eigenvalue weighted by Gasteiger charge is 2.17. The fraction of sp³-hybridized carbons (Fsp3) is 0.0588. The SMILES string of the molecule is Cc1c(C(=O)Nc2ccc(C#N)c(Cl)c2)oc2ccccc12. The Labute approximate surface area is 131 Å². The Morgan fingerprint density at radius 3 is 2.73 bits per heavy atom. The molecule has 0 fully saturated rings. The zero-order chi connectivity index (χ0) is 15.7. The Kier molecular flexibility index (Phi) is 3.58. The lowest BCUT2D eigenvalue weighted by Crippen LogP contribution is -2.12. The molecule has 1 N–H and O–H groups in total. The summed E-state index contributed by atoms with van der Waals surface area (Å²) < 4.78 is 5.61. The number of hydrogen-bond acceptors (Lipinski definition) is 3. The van der Waals surface area contributed by atoms with Crippen LogP contribution in [0, 0.1) is 18.3 Å². The highest BCUT2D eigenvalue weighted by atomic mass is 35.5. The van der Waals surface area contributed by atoms with Gasteiger partial charge in [0.05, 0.1) is 10.6 Å². The van der Waals surface area contributed by atoms with Crippen LogP contribution in [0.1, 0.15) is 21.7 Å². The van der Waals surface area contributed by atoms with Crippen LogP contribution in [0.15, 0.2) is 46.9 Å². The van der Waals surface area contributed by atoms with Crippen LogP contribution in [0.3, 0.4) is 0 Å². The van der Waals surface area contributed by atoms with Crippen LogP contribution in [-0.2, 0) is 0 Å². The van der Waals surface area contributed by atoms with Gasteiger partial charge in [0, 0.05) is 16.6 Å². The zero-order valence-corrected chi connectivity index (χ0v) is 12.4. The Bertz CT molecular complexity index is 922. The Morgan fingerprint density at radius 2 is 2.05 bits per heavy atom. The third-order valence-electron chi connectivity index (χ3n) is 3.40. The number of benzene rings is 2. The van der Waals surface area contributed by atoms with Gasteiger partial charge in [-0.25, -0.2) is 0 Å². The van der Waals surface area contributed by atoms with Gasteiger partial charge in [-0.1, -0.05) is 29.8 Å². The molecule has 0 bridgehead atoms. The van der Waals surface area contributed by atoms with Crippen molar-refractivity contribution in [2.75, 3.05) is 5.32 Å². The van der Waals surface area contributed by atoms with Gasteiger partial charge < -0.3 is 9.73 Å². The normalized spacial score (nSPS) is 10.4. The summed E-state index contributed by atoms with van der Waals surface area (Å²) in [6, 6.07) is 14.2. The third kappa shape index (κ3) is 2.43. The van der Waals surface area contributed by atoms with Crippen LogP contribution >= 0.6 is 11.6 Å². The van der Waals surface area contributed by atoms with Crippen molar-refractivity contribution >= 4 is 34.2 Å². The van der Waals surface area contributed by atoms with Crippen molar-refractivity contribution in [1.29, 1.82) is 5.26 Å². The average Bonchev–Trinajstić information content (AvgIpc) is 2.85. The molecule has 22 heavy (non-hydrogen) atoms. The van der Waals surface area contributed by atoms with Gasteiger partial charge in [0.2, 0.25) is 0 Å². The summed E-state index contributed by atoms with van der Waals surface area (Å²) in [7, 11) is 0. The molecule has 0 aliphatic carbocycles.